The van der Waals surface area contributed by atoms with Gasteiger partial charge in [0.05, 0.1) is 0 Å². The van der Waals surface area contributed by atoms with E-state index in [4.69, 9.17) is 16.7 Å². The van der Waals surface area contributed by atoms with Crippen molar-refractivity contribution in [1.82, 2.24) is 0 Å². The first-order valence-electron chi connectivity index (χ1n) is 3.13. The zero-order chi connectivity index (χ0) is 9.56. The molecule has 0 aliphatic rings. The van der Waals surface area contributed by atoms with E-state index in [1.165, 1.54) is 6.92 Å². The van der Waals surface area contributed by atoms with Crippen molar-refractivity contribution >= 4 is 23.5 Å². The number of aliphatic hydroxyl groups excluding tert-OH is 1. The third kappa shape index (κ3) is 7.30. The first kappa shape index (κ1) is 11.2. The number of halogens is 1. The fourth-order valence-corrected chi connectivity index (χ4v) is 0.427. The molecule has 1 N–H and O–H groups in total. The van der Waals surface area contributed by atoms with E-state index in [2.05, 4.69) is 9.47 Å². The van der Waals surface area contributed by atoms with E-state index in [0.717, 1.165) is 0 Å². The average molecular weight is 197 g/mol. The van der Waals surface area contributed by atoms with Gasteiger partial charge in [0.2, 0.25) is 0 Å². The molecule has 0 bridgehead atoms. The molecular formula is C6H9ClO5. The number of rotatable bonds is 4. The molecule has 1 atom stereocenters. The highest BCUT2D eigenvalue weighted by atomic mass is 35.5. The van der Waals surface area contributed by atoms with Crippen LogP contribution in [0.25, 0.3) is 0 Å². The Morgan fingerprint density at radius 1 is 1.50 bits per heavy atom. The Balaban J connectivity index is 3.40. The van der Waals surface area contributed by atoms with Crippen LogP contribution in [0.3, 0.4) is 0 Å². The molecule has 12 heavy (non-hydrogen) atoms. The fourth-order valence-electron chi connectivity index (χ4n) is 0.364. The van der Waals surface area contributed by atoms with E-state index in [-0.39, 0.29) is 6.61 Å². The van der Waals surface area contributed by atoms with Crippen LogP contribution in [-0.2, 0) is 19.1 Å². The largest absolute Gasteiger partial charge is 0.459 e. The Kier molecular flexibility index (Phi) is 5.40. The Morgan fingerprint density at radius 2 is 2.08 bits per heavy atom. The van der Waals surface area contributed by atoms with Crippen molar-refractivity contribution in [3.8, 4) is 0 Å². The molecule has 0 heterocycles. The lowest BCUT2D eigenvalue weighted by Gasteiger charge is -2.04. The third-order valence-electron chi connectivity index (χ3n) is 0.775. The number of hydrogen-bond acceptors (Lipinski definition) is 5. The summed E-state index contributed by atoms with van der Waals surface area (Å²) >= 11 is 5.06. The van der Waals surface area contributed by atoms with Crippen molar-refractivity contribution in [3.05, 3.63) is 0 Å². The van der Waals surface area contributed by atoms with Gasteiger partial charge in [0.15, 0.2) is 12.2 Å². The molecule has 0 saturated carbocycles. The summed E-state index contributed by atoms with van der Waals surface area (Å²) in [6.45, 7) is 0.393. The first-order chi connectivity index (χ1) is 5.52. The molecule has 0 fully saturated rings. The van der Waals surface area contributed by atoms with Gasteiger partial charge in [0, 0.05) is 6.92 Å². The fraction of sp³-hybridized carbons (Fsp3) is 0.667. The normalized spacial score (nSPS) is 11.9. The Morgan fingerprint density at radius 3 is 2.50 bits per heavy atom. The van der Waals surface area contributed by atoms with Crippen LogP contribution in [-0.4, -0.2) is 35.8 Å². The predicted octanol–water partition coefficient (Wildman–Crippen LogP) is -0.350. The number of esters is 2. The first-order valence-corrected chi connectivity index (χ1v) is 3.57. The van der Waals surface area contributed by atoms with Crippen LogP contribution in [0.15, 0.2) is 0 Å². The molecule has 0 spiro atoms. The highest BCUT2D eigenvalue weighted by molar-refractivity contribution is 6.19. The van der Waals surface area contributed by atoms with Crippen molar-refractivity contribution in [1.29, 1.82) is 0 Å². The van der Waals surface area contributed by atoms with Gasteiger partial charge in [-0.3, -0.25) is 4.79 Å². The molecule has 0 amide bonds. The number of aliphatic hydroxyl groups is 1. The molecule has 6 heteroatoms. The van der Waals surface area contributed by atoms with Crippen LogP contribution in [0.4, 0.5) is 0 Å². The number of carbonyl (C=O) groups is 2. The molecule has 0 aliphatic carbocycles. The quantitative estimate of drug-likeness (QED) is 0.492. The molecule has 0 rings (SSSR count). The summed E-state index contributed by atoms with van der Waals surface area (Å²) in [6.07, 6.45) is 0. The number of alkyl halides is 1. The highest BCUT2D eigenvalue weighted by Gasteiger charge is 2.07. The van der Waals surface area contributed by atoms with Crippen molar-refractivity contribution in [2.45, 2.75) is 12.5 Å². The molecule has 0 aromatic rings. The molecule has 0 aromatic carbocycles. The maximum absolute atomic E-state index is 10.6. The summed E-state index contributed by atoms with van der Waals surface area (Å²) < 4.78 is 8.65. The van der Waals surface area contributed by atoms with Gasteiger partial charge in [-0.2, -0.15) is 0 Å². The summed E-state index contributed by atoms with van der Waals surface area (Å²) in [4.78, 5) is 20.8. The number of hydrogen-bond donors (Lipinski definition) is 1. The van der Waals surface area contributed by atoms with Gasteiger partial charge in [-0.15, -0.1) is 0 Å². The van der Waals surface area contributed by atoms with Gasteiger partial charge in [-0.25, -0.2) is 4.79 Å². The second-order valence-electron chi connectivity index (χ2n) is 1.90. The van der Waals surface area contributed by atoms with Crippen LogP contribution < -0.4 is 0 Å². The summed E-state index contributed by atoms with van der Waals surface area (Å²) in [7, 11) is 0. The van der Waals surface area contributed by atoms with Gasteiger partial charge < -0.3 is 14.6 Å². The molecular weight excluding hydrogens is 188 g/mol. The van der Waals surface area contributed by atoms with E-state index < -0.39 is 24.1 Å². The van der Waals surface area contributed by atoms with Crippen molar-refractivity contribution in [2.75, 3.05) is 13.2 Å². The lowest BCUT2D eigenvalue weighted by Crippen LogP contribution is -2.18. The van der Waals surface area contributed by atoms with Crippen molar-refractivity contribution in [2.24, 2.45) is 0 Å². The predicted molar refractivity (Wildman–Crippen MR) is 39.5 cm³/mol. The summed E-state index contributed by atoms with van der Waals surface area (Å²) in [5.74, 6) is -1.32. The SMILES string of the molecule is CC(=O)OCC(=O)OCC(O)Cl. The van der Waals surface area contributed by atoms with E-state index in [1.54, 1.807) is 0 Å². The van der Waals surface area contributed by atoms with Gasteiger partial charge in [-0.1, -0.05) is 11.6 Å². The Labute approximate surface area is 74.2 Å². The van der Waals surface area contributed by atoms with Crippen molar-refractivity contribution in [3.63, 3.8) is 0 Å². The smallest absolute Gasteiger partial charge is 0.344 e. The van der Waals surface area contributed by atoms with Crippen LogP contribution in [0.5, 0.6) is 0 Å². The van der Waals surface area contributed by atoms with Gasteiger partial charge in [0.25, 0.3) is 0 Å². The minimum atomic E-state index is -1.23. The molecule has 0 aliphatic heterocycles. The van der Waals surface area contributed by atoms with Crippen LogP contribution in [0.1, 0.15) is 6.92 Å². The van der Waals surface area contributed by atoms with Gasteiger partial charge in [-0.05, 0) is 0 Å². The van der Waals surface area contributed by atoms with Crippen molar-refractivity contribution < 1.29 is 24.2 Å². The minimum Gasteiger partial charge on any atom is -0.459 e. The van der Waals surface area contributed by atoms with Gasteiger partial charge >= 0.3 is 11.9 Å². The number of ether oxygens (including phenoxy) is 2. The third-order valence-corrected chi connectivity index (χ3v) is 0.901. The topological polar surface area (TPSA) is 72.8 Å². The van der Waals surface area contributed by atoms with E-state index in [9.17, 15) is 9.59 Å². The van der Waals surface area contributed by atoms with Gasteiger partial charge in [0.1, 0.15) is 6.61 Å². The zero-order valence-corrected chi connectivity index (χ0v) is 7.21. The van der Waals surface area contributed by atoms with Crippen LogP contribution in [0, 0.1) is 0 Å². The molecule has 1 unspecified atom stereocenters. The Hall–Kier alpha value is -0.810. The lowest BCUT2D eigenvalue weighted by atomic mass is 10.7. The van der Waals surface area contributed by atoms with E-state index >= 15 is 0 Å². The van der Waals surface area contributed by atoms with Crippen LogP contribution in [0.2, 0.25) is 0 Å². The minimum absolute atomic E-state index is 0.318. The maximum Gasteiger partial charge on any atom is 0.344 e. The second-order valence-corrected chi connectivity index (χ2v) is 2.40. The summed E-state index contributed by atoms with van der Waals surface area (Å²) in [5, 5.41) is 8.46. The van der Waals surface area contributed by atoms with E-state index in [1.807, 2.05) is 0 Å². The molecule has 0 radical (unpaired) electrons. The lowest BCUT2D eigenvalue weighted by molar-refractivity contribution is -0.158. The highest BCUT2D eigenvalue weighted by Crippen LogP contribution is 1.91. The standard InChI is InChI=1S/C6H9ClO5/c1-4(8)11-3-6(10)12-2-5(7)9/h5,9H,2-3H2,1H3. The number of carbonyl (C=O) groups excluding carboxylic acids is 2. The zero-order valence-electron chi connectivity index (χ0n) is 6.45. The Bertz CT molecular complexity index is 167. The summed E-state index contributed by atoms with van der Waals surface area (Å²) in [5.41, 5.74) is -1.23. The molecule has 5 nitrogen and oxygen atoms in total. The molecule has 0 aromatic heterocycles. The maximum atomic E-state index is 10.6. The summed E-state index contributed by atoms with van der Waals surface area (Å²) in [6, 6.07) is 0. The van der Waals surface area contributed by atoms with E-state index in [0.29, 0.717) is 0 Å². The monoisotopic (exact) mass is 196 g/mol. The second kappa shape index (κ2) is 5.79. The van der Waals surface area contributed by atoms with Crippen LogP contribution >= 0.6 is 11.6 Å². The molecule has 0 saturated heterocycles. The molecule has 70 valence electrons. The average Bonchev–Trinajstić information content (AvgIpc) is 1.96.